The number of carbonyl (C=O) groups is 1. The van der Waals surface area contributed by atoms with Crippen molar-refractivity contribution in [1.29, 1.82) is 5.26 Å². The third-order valence-electron chi connectivity index (χ3n) is 4.49. The zero-order chi connectivity index (χ0) is 14.4. The van der Waals surface area contributed by atoms with Crippen molar-refractivity contribution in [3.8, 4) is 6.07 Å². The van der Waals surface area contributed by atoms with Crippen LogP contribution in [0.4, 0.5) is 5.69 Å². The first-order valence-electron chi connectivity index (χ1n) is 6.39. The van der Waals surface area contributed by atoms with Crippen LogP contribution in [0.1, 0.15) is 25.0 Å². The van der Waals surface area contributed by atoms with Crippen LogP contribution >= 0.6 is 11.3 Å². The summed E-state index contributed by atoms with van der Waals surface area (Å²) in [5.41, 5.74) is 0.791. The Bertz CT molecular complexity index is 716. The maximum absolute atomic E-state index is 12.6. The summed E-state index contributed by atoms with van der Waals surface area (Å²) >= 11 is 1.54. The van der Waals surface area contributed by atoms with Crippen LogP contribution in [0.2, 0.25) is 0 Å². The van der Waals surface area contributed by atoms with Gasteiger partial charge in [-0.25, -0.2) is 0 Å². The van der Waals surface area contributed by atoms with Gasteiger partial charge in [0.05, 0.1) is 16.9 Å². The molecule has 2 heterocycles. The number of nitrogens with zero attached hydrogens (tertiary/aromatic N) is 1. The molecule has 1 aliphatic heterocycles. The lowest BCUT2D eigenvalue weighted by atomic mass is 9.60. The topological polar surface area (TPSA) is 52.9 Å². The van der Waals surface area contributed by atoms with E-state index in [1.165, 1.54) is 11.3 Å². The zero-order valence-corrected chi connectivity index (χ0v) is 12.1. The Morgan fingerprint density at radius 3 is 2.75 bits per heavy atom. The molecule has 20 heavy (non-hydrogen) atoms. The maximum Gasteiger partial charge on any atom is 0.236 e. The Morgan fingerprint density at radius 2 is 2.10 bits per heavy atom. The van der Waals surface area contributed by atoms with Gasteiger partial charge in [-0.2, -0.15) is 16.6 Å². The smallest absolute Gasteiger partial charge is 0.236 e. The molecule has 0 spiro atoms. The van der Waals surface area contributed by atoms with Gasteiger partial charge in [-0.3, -0.25) is 4.79 Å². The Balaban J connectivity index is 2.27. The largest absolute Gasteiger partial charge is 0.325 e. The molecule has 0 unspecified atom stereocenters. The van der Waals surface area contributed by atoms with E-state index in [0.717, 1.165) is 16.8 Å². The van der Waals surface area contributed by atoms with Crippen molar-refractivity contribution in [1.82, 2.24) is 0 Å². The highest BCUT2D eigenvalue weighted by molar-refractivity contribution is 7.08. The van der Waals surface area contributed by atoms with Gasteiger partial charge in [0.25, 0.3) is 0 Å². The Labute approximate surface area is 121 Å². The van der Waals surface area contributed by atoms with E-state index in [9.17, 15) is 10.1 Å². The van der Waals surface area contributed by atoms with Crippen molar-refractivity contribution in [2.24, 2.45) is 0 Å². The van der Waals surface area contributed by atoms with Crippen molar-refractivity contribution in [2.45, 2.75) is 24.7 Å². The van der Waals surface area contributed by atoms with E-state index >= 15 is 0 Å². The van der Waals surface area contributed by atoms with Crippen LogP contribution in [0.5, 0.6) is 0 Å². The fraction of sp³-hybridized carbons (Fsp3) is 0.250. The number of amides is 1. The minimum Gasteiger partial charge on any atom is -0.325 e. The highest BCUT2D eigenvalue weighted by atomic mass is 32.1. The average Bonchev–Trinajstić information content (AvgIpc) is 3.07. The highest BCUT2D eigenvalue weighted by Gasteiger charge is 2.57. The first-order chi connectivity index (χ1) is 9.54. The lowest BCUT2D eigenvalue weighted by molar-refractivity contribution is -0.121. The maximum atomic E-state index is 12.6. The van der Waals surface area contributed by atoms with E-state index in [1.807, 2.05) is 54.9 Å². The van der Waals surface area contributed by atoms with Crippen LogP contribution in [0.25, 0.3) is 0 Å². The number of thiophene rings is 1. The molecule has 0 aliphatic carbocycles. The number of nitrogens with one attached hydrogen (secondary N) is 1. The number of para-hydroxylation sites is 1. The van der Waals surface area contributed by atoms with Gasteiger partial charge in [-0.15, -0.1) is 0 Å². The molecule has 0 saturated carbocycles. The predicted molar refractivity (Wildman–Crippen MR) is 79.7 cm³/mol. The fourth-order valence-electron chi connectivity index (χ4n) is 2.91. The molecule has 0 bridgehead atoms. The van der Waals surface area contributed by atoms with E-state index in [2.05, 4.69) is 11.4 Å². The number of nitriles is 1. The van der Waals surface area contributed by atoms with Gasteiger partial charge in [0.2, 0.25) is 5.91 Å². The quantitative estimate of drug-likeness (QED) is 0.917. The normalized spacial score (nSPS) is 23.6. The Hall–Kier alpha value is -2.12. The second kappa shape index (κ2) is 4.19. The van der Waals surface area contributed by atoms with Crippen molar-refractivity contribution in [2.75, 3.05) is 5.32 Å². The molecule has 0 saturated heterocycles. The van der Waals surface area contributed by atoms with Gasteiger partial charge in [-0.1, -0.05) is 18.2 Å². The number of carbonyl (C=O) groups excluding carboxylic acids is 1. The molecular weight excluding hydrogens is 268 g/mol. The summed E-state index contributed by atoms with van der Waals surface area (Å²) < 4.78 is 0. The summed E-state index contributed by atoms with van der Waals surface area (Å²) in [5.74, 6) is -0.117. The van der Waals surface area contributed by atoms with E-state index < -0.39 is 10.8 Å². The summed E-state index contributed by atoms with van der Waals surface area (Å²) in [5, 5.41) is 16.6. The molecule has 0 radical (unpaired) electrons. The second-order valence-electron chi connectivity index (χ2n) is 5.37. The van der Waals surface area contributed by atoms with Gasteiger partial charge in [-0.05, 0) is 47.9 Å². The Kier molecular flexibility index (Phi) is 2.70. The molecule has 4 heteroatoms. The molecule has 1 amide bonds. The van der Waals surface area contributed by atoms with Crippen LogP contribution in [-0.2, 0) is 15.6 Å². The zero-order valence-electron chi connectivity index (χ0n) is 11.3. The third kappa shape index (κ3) is 1.41. The molecule has 2 atom stereocenters. The number of benzene rings is 1. The number of hydrogen-bond donors (Lipinski definition) is 1. The van der Waals surface area contributed by atoms with Gasteiger partial charge in [0.1, 0.15) is 0 Å². The van der Waals surface area contributed by atoms with E-state index in [-0.39, 0.29) is 5.91 Å². The third-order valence-corrected chi connectivity index (χ3v) is 5.17. The standard InChI is InChI=1S/C16H14N2OS/c1-15(10-17,11-7-8-20-9-11)16(2)12-5-3-4-6-13(12)18-14(16)19/h3-9H,1-2H3,(H,18,19)/t15-,16+/m0/s1. The van der Waals surface area contributed by atoms with Crippen LogP contribution in [0.15, 0.2) is 41.1 Å². The molecule has 100 valence electrons. The van der Waals surface area contributed by atoms with Crippen molar-refractivity contribution in [3.63, 3.8) is 0 Å². The second-order valence-corrected chi connectivity index (χ2v) is 6.15. The number of hydrogen-bond acceptors (Lipinski definition) is 3. The summed E-state index contributed by atoms with van der Waals surface area (Å²) in [6.07, 6.45) is 0. The summed E-state index contributed by atoms with van der Waals surface area (Å²) in [4.78, 5) is 12.6. The highest BCUT2D eigenvalue weighted by Crippen LogP contribution is 2.50. The molecular formula is C16H14N2OS. The van der Waals surface area contributed by atoms with E-state index in [4.69, 9.17) is 0 Å². The van der Waals surface area contributed by atoms with Gasteiger partial charge in [0, 0.05) is 5.69 Å². The van der Waals surface area contributed by atoms with Crippen molar-refractivity contribution < 1.29 is 4.79 Å². The first kappa shape index (κ1) is 12.9. The first-order valence-corrected chi connectivity index (χ1v) is 7.33. The molecule has 3 rings (SSSR count). The van der Waals surface area contributed by atoms with E-state index in [0.29, 0.717) is 0 Å². The van der Waals surface area contributed by atoms with Gasteiger partial charge in [0.15, 0.2) is 0 Å². The molecule has 3 nitrogen and oxygen atoms in total. The molecule has 1 aromatic carbocycles. The average molecular weight is 282 g/mol. The van der Waals surface area contributed by atoms with Gasteiger partial charge >= 0.3 is 0 Å². The summed E-state index contributed by atoms with van der Waals surface area (Å²) in [7, 11) is 0. The minimum atomic E-state index is -0.899. The van der Waals surface area contributed by atoms with Crippen LogP contribution in [-0.4, -0.2) is 5.91 Å². The number of fused-ring (bicyclic) bond motifs is 1. The predicted octanol–water partition coefficient (Wildman–Crippen LogP) is 3.44. The van der Waals surface area contributed by atoms with Crippen molar-refractivity contribution >= 4 is 22.9 Å². The van der Waals surface area contributed by atoms with Crippen LogP contribution < -0.4 is 5.32 Å². The SMILES string of the molecule is C[C@](C#N)(c1ccsc1)[C@@]1(C)C(=O)Nc2ccccc21. The van der Waals surface area contributed by atoms with Gasteiger partial charge < -0.3 is 5.32 Å². The van der Waals surface area contributed by atoms with E-state index in [1.54, 1.807) is 0 Å². The minimum absolute atomic E-state index is 0.117. The fourth-order valence-corrected chi connectivity index (χ4v) is 3.67. The molecule has 2 aromatic rings. The van der Waals surface area contributed by atoms with Crippen LogP contribution in [0, 0.1) is 11.3 Å². The lowest BCUT2D eigenvalue weighted by Crippen LogP contribution is -2.48. The Morgan fingerprint density at radius 1 is 1.35 bits per heavy atom. The lowest BCUT2D eigenvalue weighted by Gasteiger charge is -2.36. The molecule has 1 N–H and O–H groups in total. The molecule has 1 aliphatic rings. The van der Waals surface area contributed by atoms with Crippen molar-refractivity contribution in [3.05, 3.63) is 52.2 Å². The molecule has 0 fully saturated rings. The number of rotatable bonds is 2. The monoisotopic (exact) mass is 282 g/mol. The number of anilines is 1. The van der Waals surface area contributed by atoms with Crippen LogP contribution in [0.3, 0.4) is 0 Å². The summed E-state index contributed by atoms with van der Waals surface area (Å²) in [6.45, 7) is 3.70. The molecule has 1 aromatic heterocycles. The summed E-state index contributed by atoms with van der Waals surface area (Å²) in [6, 6.07) is 11.9.